The molecule has 2 aromatic heterocycles. The first kappa shape index (κ1) is 11.0. The molecule has 0 spiro atoms. The van der Waals surface area contributed by atoms with Gasteiger partial charge in [0.1, 0.15) is 5.15 Å². The highest BCUT2D eigenvalue weighted by molar-refractivity contribution is 6.29. The van der Waals surface area contributed by atoms with Crippen molar-refractivity contribution in [2.45, 2.75) is 44.9 Å². The van der Waals surface area contributed by atoms with Gasteiger partial charge in [0.25, 0.3) is 5.78 Å². The van der Waals surface area contributed by atoms with E-state index in [0.717, 1.165) is 11.5 Å². The van der Waals surface area contributed by atoms with Gasteiger partial charge in [-0.1, -0.05) is 32.4 Å². The van der Waals surface area contributed by atoms with E-state index in [4.69, 9.17) is 11.6 Å². The van der Waals surface area contributed by atoms with Crippen LogP contribution < -0.4 is 0 Å². The van der Waals surface area contributed by atoms with Gasteiger partial charge in [0.2, 0.25) is 0 Å². The molecule has 1 aliphatic carbocycles. The van der Waals surface area contributed by atoms with Gasteiger partial charge in [-0.2, -0.15) is 9.50 Å². The lowest BCUT2D eigenvalue weighted by Gasteiger charge is -2.17. The van der Waals surface area contributed by atoms with Gasteiger partial charge in [-0.3, -0.25) is 0 Å². The zero-order chi connectivity index (χ0) is 12.2. The highest BCUT2D eigenvalue weighted by Gasteiger charge is 2.29. The van der Waals surface area contributed by atoms with E-state index >= 15 is 0 Å². The molecule has 4 nitrogen and oxygen atoms in total. The smallest absolute Gasteiger partial charge is 0.215 e. The van der Waals surface area contributed by atoms with Gasteiger partial charge in [-0.15, -0.1) is 5.10 Å². The quantitative estimate of drug-likeness (QED) is 0.731. The van der Waals surface area contributed by atoms with Crippen LogP contribution in [0.4, 0.5) is 0 Å². The molecule has 3 rings (SSSR count). The molecule has 0 aliphatic heterocycles. The third kappa shape index (κ3) is 1.90. The maximum atomic E-state index is 6.23. The second kappa shape index (κ2) is 3.42. The lowest BCUT2D eigenvalue weighted by atomic mass is 9.92. The van der Waals surface area contributed by atoms with Gasteiger partial charge in [0.15, 0.2) is 5.82 Å². The van der Waals surface area contributed by atoms with Crippen molar-refractivity contribution in [2.24, 2.45) is 0 Å². The van der Waals surface area contributed by atoms with Crippen LogP contribution in [0.2, 0.25) is 5.15 Å². The lowest BCUT2D eigenvalue weighted by Crippen LogP contribution is -2.14. The predicted octanol–water partition coefficient (Wildman–Crippen LogP) is 2.95. The van der Waals surface area contributed by atoms with Crippen LogP contribution in [0.5, 0.6) is 0 Å². The Morgan fingerprint density at radius 3 is 2.59 bits per heavy atom. The van der Waals surface area contributed by atoms with Crippen molar-refractivity contribution in [3.63, 3.8) is 0 Å². The molecule has 0 unspecified atom stereocenters. The Bertz CT molecular complexity index is 578. The van der Waals surface area contributed by atoms with E-state index in [-0.39, 0.29) is 5.41 Å². The normalized spacial score (nSPS) is 16.7. The first-order valence-corrected chi connectivity index (χ1v) is 6.26. The van der Waals surface area contributed by atoms with Crippen molar-refractivity contribution in [1.82, 2.24) is 19.6 Å². The monoisotopic (exact) mass is 250 g/mol. The maximum absolute atomic E-state index is 6.23. The van der Waals surface area contributed by atoms with Crippen LogP contribution in [0.25, 0.3) is 5.78 Å². The fourth-order valence-electron chi connectivity index (χ4n) is 1.75. The van der Waals surface area contributed by atoms with E-state index in [2.05, 4.69) is 35.8 Å². The number of halogens is 1. The number of rotatable bonds is 1. The number of hydrogen-bond acceptors (Lipinski definition) is 3. The summed E-state index contributed by atoms with van der Waals surface area (Å²) in [5, 5.41) is 4.99. The van der Waals surface area contributed by atoms with Crippen LogP contribution in [0.3, 0.4) is 0 Å². The minimum atomic E-state index is -0.0307. The van der Waals surface area contributed by atoms with Crippen molar-refractivity contribution in [1.29, 1.82) is 0 Å². The Labute approximate surface area is 105 Å². The summed E-state index contributed by atoms with van der Waals surface area (Å²) >= 11 is 6.23. The van der Waals surface area contributed by atoms with Gasteiger partial charge in [0.05, 0.1) is 5.69 Å². The number of nitrogens with zero attached hydrogens (tertiary/aromatic N) is 4. The van der Waals surface area contributed by atoms with Crippen molar-refractivity contribution < 1.29 is 0 Å². The minimum Gasteiger partial charge on any atom is -0.215 e. The molecule has 0 bridgehead atoms. The zero-order valence-electron chi connectivity index (χ0n) is 10.2. The van der Waals surface area contributed by atoms with Crippen LogP contribution in [-0.2, 0) is 5.41 Å². The van der Waals surface area contributed by atoms with E-state index in [9.17, 15) is 0 Å². The summed E-state index contributed by atoms with van der Waals surface area (Å²) in [5.41, 5.74) is 0.918. The minimum absolute atomic E-state index is 0.0307. The molecular weight excluding hydrogens is 236 g/mol. The first-order valence-electron chi connectivity index (χ1n) is 5.89. The Morgan fingerprint density at radius 2 is 2.00 bits per heavy atom. The summed E-state index contributed by atoms with van der Waals surface area (Å²) in [4.78, 5) is 9.01. The van der Waals surface area contributed by atoms with Gasteiger partial charge in [0, 0.05) is 11.3 Å². The summed E-state index contributed by atoms with van der Waals surface area (Å²) in [7, 11) is 0. The molecule has 0 radical (unpaired) electrons. The second-order valence-electron chi connectivity index (χ2n) is 5.67. The Morgan fingerprint density at radius 1 is 1.29 bits per heavy atom. The van der Waals surface area contributed by atoms with Crippen LogP contribution in [-0.4, -0.2) is 19.6 Å². The fourth-order valence-corrected chi connectivity index (χ4v) is 1.96. The van der Waals surface area contributed by atoms with E-state index in [1.54, 1.807) is 4.52 Å². The molecule has 0 saturated heterocycles. The molecule has 90 valence electrons. The van der Waals surface area contributed by atoms with Gasteiger partial charge in [-0.25, -0.2) is 4.98 Å². The number of fused-ring (bicyclic) bond motifs is 1. The molecule has 17 heavy (non-hydrogen) atoms. The molecule has 5 heteroatoms. The van der Waals surface area contributed by atoms with E-state index in [1.807, 2.05) is 6.07 Å². The SMILES string of the molecule is CC(C)(C)c1cc(Cl)n2nc(C3CC3)nc2n1. The topological polar surface area (TPSA) is 43.1 Å². The molecule has 1 saturated carbocycles. The average Bonchev–Trinajstić information content (AvgIpc) is 2.97. The van der Waals surface area contributed by atoms with Crippen LogP contribution >= 0.6 is 11.6 Å². The van der Waals surface area contributed by atoms with Crippen molar-refractivity contribution in [3.05, 3.63) is 22.7 Å². The molecule has 0 amide bonds. The standard InChI is InChI=1S/C12H15ClN4/c1-12(2,3)8-6-9(13)17-11(14-8)15-10(16-17)7-4-5-7/h6-7H,4-5H2,1-3H3. The van der Waals surface area contributed by atoms with Crippen molar-refractivity contribution >= 4 is 17.4 Å². The van der Waals surface area contributed by atoms with Crippen molar-refractivity contribution in [2.75, 3.05) is 0 Å². The Balaban J connectivity index is 2.18. The summed E-state index contributed by atoms with van der Waals surface area (Å²) in [6, 6.07) is 1.87. The van der Waals surface area contributed by atoms with Crippen molar-refractivity contribution in [3.8, 4) is 0 Å². The zero-order valence-corrected chi connectivity index (χ0v) is 11.0. The number of hydrogen-bond donors (Lipinski definition) is 0. The molecule has 2 heterocycles. The highest BCUT2D eigenvalue weighted by atomic mass is 35.5. The largest absolute Gasteiger partial charge is 0.254 e. The highest BCUT2D eigenvalue weighted by Crippen LogP contribution is 2.38. The summed E-state index contributed by atoms with van der Waals surface area (Å²) in [5.74, 6) is 2.01. The van der Waals surface area contributed by atoms with Gasteiger partial charge < -0.3 is 0 Å². The van der Waals surface area contributed by atoms with E-state index in [0.29, 0.717) is 16.8 Å². The number of aromatic nitrogens is 4. The maximum Gasteiger partial charge on any atom is 0.254 e. The Kier molecular flexibility index (Phi) is 2.20. The molecule has 1 aliphatic rings. The summed E-state index contributed by atoms with van der Waals surface area (Å²) in [6.45, 7) is 6.33. The lowest BCUT2D eigenvalue weighted by molar-refractivity contribution is 0.567. The van der Waals surface area contributed by atoms with E-state index in [1.165, 1.54) is 12.8 Å². The fraction of sp³-hybridized carbons (Fsp3) is 0.583. The molecule has 0 N–H and O–H groups in total. The van der Waals surface area contributed by atoms with Crippen LogP contribution in [0, 0.1) is 0 Å². The van der Waals surface area contributed by atoms with Crippen LogP contribution in [0.15, 0.2) is 6.07 Å². The predicted molar refractivity (Wildman–Crippen MR) is 66.5 cm³/mol. The van der Waals surface area contributed by atoms with Gasteiger partial charge in [-0.05, 0) is 18.9 Å². The summed E-state index contributed by atoms with van der Waals surface area (Å²) < 4.78 is 1.63. The molecule has 0 atom stereocenters. The molecule has 1 fully saturated rings. The second-order valence-corrected chi connectivity index (χ2v) is 6.06. The van der Waals surface area contributed by atoms with E-state index < -0.39 is 0 Å². The first-order chi connectivity index (χ1) is 7.95. The van der Waals surface area contributed by atoms with Crippen LogP contribution in [0.1, 0.15) is 51.0 Å². The summed E-state index contributed by atoms with van der Waals surface area (Å²) in [6.07, 6.45) is 2.36. The Hall–Kier alpha value is -1.16. The average molecular weight is 251 g/mol. The molecular formula is C12H15ClN4. The third-order valence-electron chi connectivity index (χ3n) is 3.00. The third-order valence-corrected chi connectivity index (χ3v) is 3.27. The van der Waals surface area contributed by atoms with Gasteiger partial charge >= 0.3 is 0 Å². The molecule has 0 aromatic carbocycles. The molecule has 2 aromatic rings.